The number of anilines is 2. The number of nitrogens with two attached hydrogens (primary N) is 1. The zero-order valence-electron chi connectivity index (χ0n) is 11.6. The van der Waals surface area contributed by atoms with Crippen molar-refractivity contribution < 1.29 is 5.11 Å². The van der Waals surface area contributed by atoms with E-state index in [4.69, 9.17) is 10.8 Å². The third kappa shape index (κ3) is 3.62. The van der Waals surface area contributed by atoms with Gasteiger partial charge in [-0.05, 0) is 40.5 Å². The largest absolute Gasteiger partial charge is 0.399 e. The Morgan fingerprint density at radius 2 is 2.10 bits per heavy atom. The minimum absolute atomic E-state index is 0.00297. The summed E-state index contributed by atoms with van der Waals surface area (Å²) in [5, 5.41) is 16.1. The summed E-state index contributed by atoms with van der Waals surface area (Å²) in [5.41, 5.74) is 7.76. The van der Waals surface area contributed by atoms with Crippen LogP contribution in [-0.4, -0.2) is 21.5 Å². The maximum Gasteiger partial charge on any atom is 0.283 e. The third-order valence-corrected chi connectivity index (χ3v) is 3.87. The molecule has 4 N–H and O–H groups in total. The molecule has 0 saturated heterocycles. The first-order valence-electron chi connectivity index (χ1n) is 6.51. The van der Waals surface area contributed by atoms with Crippen molar-refractivity contribution in [2.24, 2.45) is 0 Å². The van der Waals surface area contributed by atoms with Crippen LogP contribution >= 0.6 is 15.9 Å². The van der Waals surface area contributed by atoms with Crippen molar-refractivity contribution in [3.63, 3.8) is 0 Å². The highest BCUT2D eigenvalue weighted by Crippen LogP contribution is 2.23. The van der Waals surface area contributed by atoms with Crippen LogP contribution in [0, 0.1) is 0 Å². The van der Waals surface area contributed by atoms with E-state index in [2.05, 4.69) is 26.3 Å². The van der Waals surface area contributed by atoms with Crippen molar-refractivity contribution in [2.75, 3.05) is 17.7 Å². The summed E-state index contributed by atoms with van der Waals surface area (Å²) < 4.78 is 1.61. The molecule has 0 spiro atoms. The SMILES string of the molecule is CC(Nc1cnn(CCO)c(=O)c1Br)c1ccc(N)cc1. The number of nitrogens with zero attached hydrogens (tertiary/aromatic N) is 2. The fraction of sp³-hybridized carbons (Fsp3) is 0.286. The standard InChI is InChI=1S/C14H17BrN4O2/c1-9(10-2-4-11(16)5-3-10)18-12-8-17-19(6-7-20)14(21)13(12)15/h2-5,8-9,18,20H,6-7,16H2,1H3. The molecule has 1 heterocycles. The van der Waals surface area contributed by atoms with Crippen LogP contribution in [0.25, 0.3) is 0 Å². The van der Waals surface area contributed by atoms with Gasteiger partial charge >= 0.3 is 0 Å². The van der Waals surface area contributed by atoms with E-state index in [1.54, 1.807) is 6.20 Å². The van der Waals surface area contributed by atoms with E-state index in [0.717, 1.165) is 5.56 Å². The monoisotopic (exact) mass is 352 g/mol. The Hall–Kier alpha value is -1.86. The van der Waals surface area contributed by atoms with Crippen molar-refractivity contribution in [2.45, 2.75) is 19.5 Å². The van der Waals surface area contributed by atoms with E-state index in [0.29, 0.717) is 15.8 Å². The number of hydrogen-bond acceptors (Lipinski definition) is 5. The van der Waals surface area contributed by atoms with Gasteiger partial charge in [0.1, 0.15) is 4.47 Å². The number of aliphatic hydroxyl groups excluding tert-OH is 1. The molecule has 6 nitrogen and oxygen atoms in total. The molecule has 0 radical (unpaired) electrons. The maximum atomic E-state index is 12.0. The lowest BCUT2D eigenvalue weighted by atomic mass is 10.1. The lowest BCUT2D eigenvalue weighted by Crippen LogP contribution is -2.26. The molecule has 0 aliphatic heterocycles. The molecule has 1 aromatic carbocycles. The first-order valence-corrected chi connectivity index (χ1v) is 7.30. The van der Waals surface area contributed by atoms with Crippen LogP contribution in [0.4, 0.5) is 11.4 Å². The average Bonchev–Trinajstić information content (AvgIpc) is 2.47. The molecule has 2 aromatic rings. The predicted octanol–water partition coefficient (Wildman–Crippen LogP) is 1.75. The van der Waals surface area contributed by atoms with Gasteiger partial charge in [0, 0.05) is 11.7 Å². The third-order valence-electron chi connectivity index (χ3n) is 3.11. The van der Waals surface area contributed by atoms with Crippen molar-refractivity contribution in [3.8, 4) is 0 Å². The Labute approximate surface area is 130 Å². The summed E-state index contributed by atoms with van der Waals surface area (Å²) in [5.74, 6) is 0. The van der Waals surface area contributed by atoms with Crippen LogP contribution in [0.5, 0.6) is 0 Å². The van der Waals surface area contributed by atoms with Crippen molar-refractivity contribution >= 4 is 27.3 Å². The molecule has 0 amide bonds. The fourth-order valence-electron chi connectivity index (χ4n) is 1.92. The van der Waals surface area contributed by atoms with Crippen molar-refractivity contribution in [1.29, 1.82) is 0 Å². The van der Waals surface area contributed by atoms with Gasteiger partial charge in [-0.25, -0.2) is 4.68 Å². The average molecular weight is 353 g/mol. The van der Waals surface area contributed by atoms with Crippen molar-refractivity contribution in [3.05, 3.63) is 50.9 Å². The van der Waals surface area contributed by atoms with Crippen LogP contribution in [0.3, 0.4) is 0 Å². The normalized spacial score (nSPS) is 12.1. The minimum Gasteiger partial charge on any atom is -0.399 e. The number of rotatable bonds is 5. The molecule has 7 heteroatoms. The first kappa shape index (κ1) is 15.5. The Morgan fingerprint density at radius 3 is 2.71 bits per heavy atom. The van der Waals surface area contributed by atoms with Gasteiger partial charge in [0.15, 0.2) is 0 Å². The van der Waals surface area contributed by atoms with Gasteiger partial charge < -0.3 is 16.2 Å². The number of aliphatic hydroxyl groups is 1. The van der Waals surface area contributed by atoms with Crippen LogP contribution in [0.15, 0.2) is 39.7 Å². The molecular formula is C14H17BrN4O2. The van der Waals surface area contributed by atoms with Gasteiger partial charge in [0.2, 0.25) is 0 Å². The summed E-state index contributed by atoms with van der Waals surface area (Å²) in [7, 11) is 0. The number of hydrogen-bond donors (Lipinski definition) is 3. The Morgan fingerprint density at radius 1 is 1.43 bits per heavy atom. The van der Waals surface area contributed by atoms with Crippen molar-refractivity contribution in [1.82, 2.24) is 9.78 Å². The second kappa shape index (κ2) is 6.73. The van der Waals surface area contributed by atoms with Crippen LogP contribution in [-0.2, 0) is 6.54 Å². The first-order chi connectivity index (χ1) is 10.0. The van der Waals surface area contributed by atoms with Gasteiger partial charge in [-0.15, -0.1) is 0 Å². The molecule has 0 saturated carbocycles. The number of nitrogen functional groups attached to an aromatic ring is 1. The summed E-state index contributed by atoms with van der Waals surface area (Å²) in [6.45, 7) is 2.02. The van der Waals surface area contributed by atoms with Crippen LogP contribution in [0.1, 0.15) is 18.5 Å². The molecule has 21 heavy (non-hydrogen) atoms. The highest BCUT2D eigenvalue weighted by molar-refractivity contribution is 9.10. The fourth-order valence-corrected chi connectivity index (χ4v) is 2.34. The van der Waals surface area contributed by atoms with Gasteiger partial charge in [-0.1, -0.05) is 12.1 Å². The number of aromatic nitrogens is 2. The zero-order chi connectivity index (χ0) is 15.4. The van der Waals surface area contributed by atoms with Gasteiger partial charge in [-0.3, -0.25) is 4.79 Å². The molecule has 0 bridgehead atoms. The number of halogens is 1. The lowest BCUT2D eigenvalue weighted by Gasteiger charge is -2.17. The quantitative estimate of drug-likeness (QED) is 0.713. The minimum atomic E-state index is -0.279. The number of nitrogens with one attached hydrogen (secondary N) is 1. The summed E-state index contributed by atoms with van der Waals surface area (Å²) >= 11 is 3.28. The van der Waals surface area contributed by atoms with E-state index in [9.17, 15) is 4.79 Å². The zero-order valence-corrected chi connectivity index (χ0v) is 13.2. The second-order valence-electron chi connectivity index (χ2n) is 4.66. The van der Waals surface area contributed by atoms with Gasteiger partial charge in [0.05, 0.1) is 25.0 Å². The van der Waals surface area contributed by atoms with Gasteiger partial charge in [-0.2, -0.15) is 5.10 Å². The van der Waals surface area contributed by atoms with E-state index >= 15 is 0 Å². The summed E-state index contributed by atoms with van der Waals surface area (Å²) in [6, 6.07) is 7.53. The number of benzene rings is 1. The topological polar surface area (TPSA) is 93.2 Å². The van der Waals surface area contributed by atoms with E-state index in [1.807, 2.05) is 31.2 Å². The molecular weight excluding hydrogens is 336 g/mol. The maximum absolute atomic E-state index is 12.0. The summed E-state index contributed by atoms with van der Waals surface area (Å²) in [4.78, 5) is 12.0. The summed E-state index contributed by atoms with van der Waals surface area (Å²) in [6.07, 6.45) is 1.56. The molecule has 2 rings (SSSR count). The lowest BCUT2D eigenvalue weighted by molar-refractivity contribution is 0.266. The van der Waals surface area contributed by atoms with E-state index in [1.165, 1.54) is 4.68 Å². The van der Waals surface area contributed by atoms with Crippen LogP contribution in [0.2, 0.25) is 0 Å². The smallest absolute Gasteiger partial charge is 0.283 e. The molecule has 1 aromatic heterocycles. The Balaban J connectivity index is 2.21. The van der Waals surface area contributed by atoms with Gasteiger partial charge in [0.25, 0.3) is 5.56 Å². The van der Waals surface area contributed by atoms with E-state index < -0.39 is 0 Å². The molecule has 0 fully saturated rings. The highest BCUT2D eigenvalue weighted by atomic mass is 79.9. The molecule has 112 valence electrons. The molecule has 0 aliphatic rings. The Bertz CT molecular complexity index is 670. The molecule has 0 aliphatic carbocycles. The predicted molar refractivity (Wildman–Crippen MR) is 86.2 cm³/mol. The second-order valence-corrected chi connectivity index (χ2v) is 5.45. The van der Waals surface area contributed by atoms with E-state index in [-0.39, 0.29) is 24.8 Å². The van der Waals surface area contributed by atoms with Crippen LogP contribution < -0.4 is 16.6 Å². The molecule has 1 unspecified atom stereocenters. The highest BCUT2D eigenvalue weighted by Gasteiger charge is 2.12. The Kier molecular flexibility index (Phi) is 4.98. The molecule has 1 atom stereocenters.